The minimum Gasteiger partial charge on any atom is -0.338 e. The van der Waals surface area contributed by atoms with Crippen molar-refractivity contribution in [2.24, 2.45) is 5.92 Å². The molecule has 1 unspecified atom stereocenters. The topological polar surface area (TPSA) is 45.6 Å². The van der Waals surface area contributed by atoms with Crippen molar-refractivity contribution in [3.63, 3.8) is 0 Å². The van der Waals surface area contributed by atoms with Gasteiger partial charge in [0.2, 0.25) is 0 Å². The number of para-hydroxylation sites is 1. The van der Waals surface area contributed by atoms with Gasteiger partial charge in [-0.2, -0.15) is 0 Å². The van der Waals surface area contributed by atoms with Gasteiger partial charge in [0.15, 0.2) is 5.11 Å². The third-order valence-electron chi connectivity index (χ3n) is 5.96. The Balaban J connectivity index is 2.07. The Morgan fingerprint density at radius 3 is 2.16 bits per heavy atom. The van der Waals surface area contributed by atoms with Gasteiger partial charge in [0.05, 0.1) is 0 Å². The van der Waals surface area contributed by atoms with Crippen LogP contribution >= 0.6 is 12.2 Å². The van der Waals surface area contributed by atoms with Crippen LogP contribution in [0, 0.1) is 5.92 Å². The zero-order valence-corrected chi connectivity index (χ0v) is 20.0. The molecule has 0 saturated carbocycles. The van der Waals surface area contributed by atoms with Crippen LogP contribution in [0.5, 0.6) is 0 Å². The summed E-state index contributed by atoms with van der Waals surface area (Å²) in [4.78, 5) is 29.2. The number of fused-ring (bicyclic) bond motifs is 1. The molecule has 3 rings (SSSR count). The molecule has 0 spiro atoms. The molecule has 1 fully saturated rings. The molecule has 1 aliphatic heterocycles. The number of hydrogen-bond acceptors (Lipinski definition) is 3. The molecule has 0 radical (unpaired) electrons. The fourth-order valence-electron chi connectivity index (χ4n) is 4.28. The van der Waals surface area contributed by atoms with Crippen LogP contribution in [-0.4, -0.2) is 44.4 Å². The van der Waals surface area contributed by atoms with Crippen molar-refractivity contribution in [1.29, 1.82) is 0 Å². The lowest BCUT2D eigenvalue weighted by Crippen LogP contribution is -2.55. The molecular weight excluding hydrogens is 406 g/mol. The van der Waals surface area contributed by atoms with Crippen molar-refractivity contribution in [3.05, 3.63) is 41.6 Å². The Morgan fingerprint density at radius 1 is 0.968 bits per heavy atom. The molecule has 6 heteroatoms. The van der Waals surface area contributed by atoms with Crippen LogP contribution in [0.1, 0.15) is 65.6 Å². The molecule has 0 N–H and O–H groups in total. The number of hydrogen-bond donors (Lipinski definition) is 0. The number of carbonyl (C=O) groups is 2. The molecule has 1 saturated heterocycles. The van der Waals surface area contributed by atoms with Gasteiger partial charge in [0, 0.05) is 35.7 Å². The second-order valence-electron chi connectivity index (χ2n) is 8.61. The molecular formula is C25H33N3O2S. The predicted molar refractivity (Wildman–Crippen MR) is 131 cm³/mol. The molecule has 1 aromatic carbocycles. The second kappa shape index (κ2) is 9.77. The van der Waals surface area contributed by atoms with E-state index in [0.717, 1.165) is 29.4 Å². The van der Waals surface area contributed by atoms with Gasteiger partial charge in [-0.1, -0.05) is 44.9 Å². The highest BCUT2D eigenvalue weighted by molar-refractivity contribution is 7.80. The Kier molecular flexibility index (Phi) is 7.31. The zero-order valence-electron chi connectivity index (χ0n) is 19.2. The summed E-state index contributed by atoms with van der Waals surface area (Å²) in [5.41, 5.74) is 2.18. The van der Waals surface area contributed by atoms with Gasteiger partial charge in [-0.15, -0.1) is 0 Å². The second-order valence-corrected chi connectivity index (χ2v) is 8.98. The van der Waals surface area contributed by atoms with Gasteiger partial charge in [-0.3, -0.25) is 19.4 Å². The van der Waals surface area contributed by atoms with Gasteiger partial charge in [0.25, 0.3) is 11.8 Å². The molecule has 0 bridgehead atoms. The summed E-state index contributed by atoms with van der Waals surface area (Å²) in [6.45, 7) is 11.3. The van der Waals surface area contributed by atoms with Crippen LogP contribution in [0.3, 0.4) is 0 Å². The van der Waals surface area contributed by atoms with E-state index < -0.39 is 0 Å². The monoisotopic (exact) mass is 439 g/mol. The van der Waals surface area contributed by atoms with Gasteiger partial charge < -0.3 is 4.57 Å². The maximum Gasteiger partial charge on any atom is 0.265 e. The van der Waals surface area contributed by atoms with E-state index in [9.17, 15) is 9.59 Å². The first-order valence-electron chi connectivity index (χ1n) is 11.3. The summed E-state index contributed by atoms with van der Waals surface area (Å²) >= 11 is 5.38. The summed E-state index contributed by atoms with van der Waals surface area (Å²) in [6.07, 6.45) is 5.13. The van der Waals surface area contributed by atoms with E-state index in [-0.39, 0.29) is 23.4 Å². The summed E-state index contributed by atoms with van der Waals surface area (Å²) in [7, 11) is 0. The summed E-state index contributed by atoms with van der Waals surface area (Å²) in [5.74, 6) is 0.0505. The van der Waals surface area contributed by atoms with Crippen LogP contribution in [0.25, 0.3) is 17.0 Å². The number of carbonyl (C=O) groups excluding carboxylic acids is 2. The number of likely N-dealkylation sites (N-methyl/N-ethyl adjacent to an activating group) is 2. The van der Waals surface area contributed by atoms with Crippen LogP contribution in [0.2, 0.25) is 0 Å². The maximum absolute atomic E-state index is 13.1. The molecule has 5 nitrogen and oxygen atoms in total. The molecule has 2 aromatic rings. The highest BCUT2D eigenvalue weighted by Crippen LogP contribution is 2.30. The average molecular weight is 440 g/mol. The van der Waals surface area contributed by atoms with Crippen molar-refractivity contribution >= 4 is 46.1 Å². The largest absolute Gasteiger partial charge is 0.338 e. The quantitative estimate of drug-likeness (QED) is 0.314. The molecule has 1 atom stereocenters. The minimum absolute atomic E-state index is 0.177. The predicted octanol–water partition coefficient (Wildman–Crippen LogP) is 5.41. The summed E-state index contributed by atoms with van der Waals surface area (Å²) in [6, 6.07) is 10.5. The zero-order chi connectivity index (χ0) is 22.7. The first-order valence-corrected chi connectivity index (χ1v) is 11.7. The number of thiocarbonyl (C=S) groups is 1. The van der Waals surface area contributed by atoms with Crippen LogP contribution < -0.4 is 0 Å². The van der Waals surface area contributed by atoms with Crippen LogP contribution in [0.4, 0.5) is 0 Å². The molecule has 2 heterocycles. The van der Waals surface area contributed by atoms with Gasteiger partial charge >= 0.3 is 0 Å². The van der Waals surface area contributed by atoms with E-state index in [0.29, 0.717) is 24.1 Å². The third-order valence-corrected chi connectivity index (χ3v) is 6.40. The Morgan fingerprint density at radius 2 is 1.58 bits per heavy atom. The van der Waals surface area contributed by atoms with Crippen LogP contribution in [-0.2, 0) is 9.59 Å². The Labute approximate surface area is 190 Å². The van der Waals surface area contributed by atoms with Crippen molar-refractivity contribution in [3.8, 4) is 0 Å². The summed E-state index contributed by atoms with van der Waals surface area (Å²) in [5, 5.41) is 1.40. The normalized spacial score (nSPS) is 16.1. The highest BCUT2D eigenvalue weighted by Gasteiger charge is 2.38. The van der Waals surface area contributed by atoms with Crippen LogP contribution in [0.15, 0.2) is 35.9 Å². The van der Waals surface area contributed by atoms with E-state index in [4.69, 9.17) is 12.2 Å². The average Bonchev–Trinajstić information content (AvgIpc) is 3.09. The lowest BCUT2D eigenvalue weighted by Gasteiger charge is -2.35. The molecule has 0 aliphatic carbocycles. The number of benzene rings is 1. The van der Waals surface area contributed by atoms with Gasteiger partial charge in [-0.05, 0) is 63.5 Å². The lowest BCUT2D eigenvalue weighted by molar-refractivity contribution is -0.133. The Hall–Kier alpha value is -2.47. The SMILES string of the molecule is CCN1C(=O)C(=Cc2cc3ccccc3n2C(C)CCCC(C)C)C(=O)N(CC)C1=S. The smallest absolute Gasteiger partial charge is 0.265 e. The molecule has 1 aromatic heterocycles. The number of nitrogens with zero attached hydrogens (tertiary/aromatic N) is 3. The highest BCUT2D eigenvalue weighted by atomic mass is 32.1. The molecule has 2 amide bonds. The van der Waals surface area contributed by atoms with Crippen molar-refractivity contribution in [2.75, 3.05) is 13.1 Å². The number of aromatic nitrogens is 1. The van der Waals surface area contributed by atoms with Crippen molar-refractivity contribution in [2.45, 2.75) is 59.9 Å². The van der Waals surface area contributed by atoms with Crippen molar-refractivity contribution < 1.29 is 9.59 Å². The number of amides is 2. The first-order chi connectivity index (χ1) is 14.8. The molecule has 31 heavy (non-hydrogen) atoms. The van der Waals surface area contributed by atoms with E-state index >= 15 is 0 Å². The Bertz CT molecular complexity index is 993. The molecule has 1 aliphatic rings. The van der Waals surface area contributed by atoms with E-state index in [1.165, 1.54) is 16.2 Å². The van der Waals surface area contributed by atoms with E-state index in [1.807, 2.05) is 26.0 Å². The first kappa shape index (κ1) is 23.2. The number of rotatable bonds is 8. The van der Waals surface area contributed by atoms with Gasteiger partial charge in [-0.25, -0.2) is 0 Å². The van der Waals surface area contributed by atoms with E-state index in [2.05, 4.69) is 43.5 Å². The fourth-order valence-corrected chi connectivity index (χ4v) is 4.71. The maximum atomic E-state index is 13.1. The summed E-state index contributed by atoms with van der Waals surface area (Å²) < 4.78 is 2.27. The van der Waals surface area contributed by atoms with Crippen molar-refractivity contribution in [1.82, 2.24) is 14.4 Å². The fraction of sp³-hybridized carbons (Fsp3) is 0.480. The minimum atomic E-state index is -0.313. The van der Waals surface area contributed by atoms with E-state index in [1.54, 1.807) is 6.08 Å². The lowest BCUT2D eigenvalue weighted by atomic mass is 10.0. The standard InChI is InChI=1S/C25H33N3O2S/c1-6-26-23(29)21(24(30)27(7-2)25(26)31)16-20-15-19-13-8-9-14-22(19)28(20)18(5)12-10-11-17(3)4/h8-9,13-18H,6-7,10-12H2,1-5H3. The van der Waals surface area contributed by atoms with Gasteiger partial charge in [0.1, 0.15) is 5.57 Å². The third kappa shape index (κ3) is 4.59. The molecule has 166 valence electrons.